The number of nitrogens with zero attached hydrogens (tertiary/aromatic N) is 1. The standard InChI is InChI=1S/C13H9NO2S2/c1-8-2-4-11(17-8)12-5-3-10(18-12)6-9(7-14)13(15)16/h2-6H,1H3,(H,15,16)/b9-6+. The van der Waals surface area contributed by atoms with Crippen LogP contribution in [0.3, 0.4) is 0 Å². The first-order chi connectivity index (χ1) is 8.60. The lowest BCUT2D eigenvalue weighted by atomic mass is 10.2. The van der Waals surface area contributed by atoms with Gasteiger partial charge in [-0.25, -0.2) is 4.79 Å². The third kappa shape index (κ3) is 2.67. The molecule has 0 amide bonds. The van der Waals surface area contributed by atoms with E-state index < -0.39 is 5.97 Å². The van der Waals surface area contributed by atoms with E-state index in [9.17, 15) is 4.79 Å². The fourth-order valence-electron chi connectivity index (χ4n) is 1.41. The van der Waals surface area contributed by atoms with Crippen molar-refractivity contribution in [1.29, 1.82) is 5.26 Å². The predicted octanol–water partition coefficient (Wildman–Crippen LogP) is 3.78. The first kappa shape index (κ1) is 12.6. The molecule has 0 atom stereocenters. The van der Waals surface area contributed by atoms with E-state index in [1.165, 1.54) is 22.3 Å². The molecule has 0 aliphatic rings. The number of thiophene rings is 2. The van der Waals surface area contributed by atoms with Crippen molar-refractivity contribution in [2.24, 2.45) is 0 Å². The van der Waals surface area contributed by atoms with Crippen LogP contribution in [0, 0.1) is 18.3 Å². The van der Waals surface area contributed by atoms with Crippen LogP contribution in [0.5, 0.6) is 0 Å². The topological polar surface area (TPSA) is 61.1 Å². The van der Waals surface area contributed by atoms with Gasteiger partial charge in [-0.1, -0.05) is 0 Å². The number of aryl methyl sites for hydroxylation is 1. The summed E-state index contributed by atoms with van der Waals surface area (Å²) in [5.74, 6) is -1.19. The second-order valence-corrected chi connectivity index (χ2v) is 5.99. The SMILES string of the molecule is Cc1ccc(-c2ccc(/C=C(\C#N)C(=O)O)s2)s1. The molecule has 0 aliphatic carbocycles. The largest absolute Gasteiger partial charge is 0.477 e. The van der Waals surface area contributed by atoms with Crippen LogP contribution >= 0.6 is 22.7 Å². The Bertz CT molecular complexity index is 659. The number of carboxylic acids is 1. The van der Waals surface area contributed by atoms with Gasteiger partial charge >= 0.3 is 5.97 Å². The smallest absolute Gasteiger partial charge is 0.346 e. The van der Waals surface area contributed by atoms with E-state index in [1.54, 1.807) is 17.4 Å². The van der Waals surface area contributed by atoms with Crippen molar-refractivity contribution in [1.82, 2.24) is 0 Å². The summed E-state index contributed by atoms with van der Waals surface area (Å²) in [5.41, 5.74) is -0.245. The Morgan fingerprint density at radius 1 is 1.28 bits per heavy atom. The van der Waals surface area contributed by atoms with Crippen LogP contribution in [0.1, 0.15) is 9.75 Å². The second-order valence-electron chi connectivity index (χ2n) is 3.59. The molecule has 0 fully saturated rings. The van der Waals surface area contributed by atoms with E-state index in [4.69, 9.17) is 10.4 Å². The highest BCUT2D eigenvalue weighted by Gasteiger charge is 2.08. The van der Waals surface area contributed by atoms with Crippen molar-refractivity contribution in [3.05, 3.63) is 39.6 Å². The predicted molar refractivity (Wildman–Crippen MR) is 73.6 cm³/mol. The van der Waals surface area contributed by atoms with E-state index >= 15 is 0 Å². The van der Waals surface area contributed by atoms with Crippen molar-refractivity contribution in [3.63, 3.8) is 0 Å². The van der Waals surface area contributed by atoms with Crippen molar-refractivity contribution < 1.29 is 9.90 Å². The van der Waals surface area contributed by atoms with Crippen LogP contribution in [-0.4, -0.2) is 11.1 Å². The van der Waals surface area contributed by atoms with Gasteiger partial charge in [0.25, 0.3) is 0 Å². The van der Waals surface area contributed by atoms with Crippen molar-refractivity contribution in [3.8, 4) is 15.8 Å². The number of nitriles is 1. The highest BCUT2D eigenvalue weighted by atomic mass is 32.1. The van der Waals surface area contributed by atoms with Gasteiger partial charge in [-0.3, -0.25) is 0 Å². The summed E-state index contributed by atoms with van der Waals surface area (Å²) in [7, 11) is 0. The number of rotatable bonds is 3. The number of hydrogen-bond donors (Lipinski definition) is 1. The molecule has 2 heterocycles. The lowest BCUT2D eigenvalue weighted by Gasteiger charge is -1.89. The minimum atomic E-state index is -1.19. The fourth-order valence-corrected chi connectivity index (χ4v) is 3.32. The van der Waals surface area contributed by atoms with Gasteiger partial charge in [-0.05, 0) is 37.3 Å². The molecular weight excluding hydrogens is 266 g/mol. The molecule has 90 valence electrons. The third-order valence-electron chi connectivity index (χ3n) is 2.25. The first-order valence-corrected chi connectivity index (χ1v) is 6.75. The maximum Gasteiger partial charge on any atom is 0.346 e. The van der Waals surface area contributed by atoms with Gasteiger partial charge in [-0.2, -0.15) is 5.26 Å². The van der Waals surface area contributed by atoms with Gasteiger partial charge in [0.2, 0.25) is 0 Å². The van der Waals surface area contributed by atoms with Crippen LogP contribution in [0.15, 0.2) is 29.8 Å². The van der Waals surface area contributed by atoms with Crippen LogP contribution < -0.4 is 0 Å². The van der Waals surface area contributed by atoms with Crippen molar-refractivity contribution in [2.75, 3.05) is 0 Å². The fraction of sp³-hybridized carbons (Fsp3) is 0.0769. The van der Waals surface area contributed by atoms with Crippen LogP contribution in [0.2, 0.25) is 0 Å². The van der Waals surface area contributed by atoms with Gasteiger partial charge in [-0.15, -0.1) is 22.7 Å². The molecule has 0 spiro atoms. The Morgan fingerprint density at radius 2 is 1.94 bits per heavy atom. The molecule has 0 saturated heterocycles. The molecular formula is C13H9NO2S2. The maximum atomic E-state index is 10.7. The van der Waals surface area contributed by atoms with Gasteiger partial charge in [0.15, 0.2) is 0 Å². The second kappa shape index (κ2) is 5.17. The Morgan fingerprint density at radius 3 is 2.50 bits per heavy atom. The molecule has 0 radical (unpaired) electrons. The summed E-state index contributed by atoms with van der Waals surface area (Å²) >= 11 is 3.17. The molecule has 2 aromatic heterocycles. The van der Waals surface area contributed by atoms with Crippen LogP contribution in [0.4, 0.5) is 0 Å². The molecule has 1 N–H and O–H groups in total. The minimum Gasteiger partial charge on any atom is -0.477 e. The highest BCUT2D eigenvalue weighted by Crippen LogP contribution is 2.34. The van der Waals surface area contributed by atoms with E-state index in [-0.39, 0.29) is 5.57 Å². The quantitative estimate of drug-likeness (QED) is 0.685. The lowest BCUT2D eigenvalue weighted by molar-refractivity contribution is -0.132. The average Bonchev–Trinajstić information content (AvgIpc) is 2.94. The summed E-state index contributed by atoms with van der Waals surface area (Å²) in [6.45, 7) is 2.04. The number of aliphatic carboxylic acids is 1. The van der Waals surface area contributed by atoms with E-state index in [0.29, 0.717) is 0 Å². The zero-order chi connectivity index (χ0) is 13.1. The average molecular weight is 275 g/mol. The third-order valence-corrected chi connectivity index (χ3v) is 4.48. The summed E-state index contributed by atoms with van der Waals surface area (Å²) in [6, 6.07) is 9.54. The van der Waals surface area contributed by atoms with Crippen LogP contribution in [0.25, 0.3) is 15.8 Å². The Balaban J connectivity index is 2.32. The number of hydrogen-bond acceptors (Lipinski definition) is 4. The Kier molecular flexibility index (Phi) is 3.60. The molecule has 0 aromatic carbocycles. The van der Waals surface area contributed by atoms with Gasteiger partial charge < -0.3 is 5.11 Å². The molecule has 0 bridgehead atoms. The van der Waals surface area contributed by atoms with Gasteiger partial charge in [0.1, 0.15) is 11.6 Å². The summed E-state index contributed by atoms with van der Waals surface area (Å²) in [5, 5.41) is 17.5. The first-order valence-electron chi connectivity index (χ1n) is 5.12. The monoisotopic (exact) mass is 275 g/mol. The Labute approximate surface area is 112 Å². The summed E-state index contributed by atoms with van der Waals surface area (Å²) < 4.78 is 0. The number of carbonyl (C=O) groups is 1. The molecule has 3 nitrogen and oxygen atoms in total. The molecule has 2 aromatic rings. The molecule has 0 aliphatic heterocycles. The highest BCUT2D eigenvalue weighted by molar-refractivity contribution is 7.22. The molecule has 0 saturated carbocycles. The van der Waals surface area contributed by atoms with E-state index in [2.05, 4.69) is 0 Å². The normalized spacial score (nSPS) is 11.2. The Hall–Kier alpha value is -1.90. The van der Waals surface area contributed by atoms with Crippen molar-refractivity contribution >= 4 is 34.7 Å². The lowest BCUT2D eigenvalue weighted by Crippen LogP contribution is -1.96. The van der Waals surface area contributed by atoms with Gasteiger partial charge in [0, 0.05) is 19.5 Å². The van der Waals surface area contributed by atoms with Crippen LogP contribution in [-0.2, 0) is 4.79 Å². The molecule has 0 unspecified atom stereocenters. The zero-order valence-electron chi connectivity index (χ0n) is 9.51. The maximum absolute atomic E-state index is 10.7. The minimum absolute atomic E-state index is 0.245. The summed E-state index contributed by atoms with van der Waals surface area (Å²) in [6.07, 6.45) is 1.40. The van der Waals surface area contributed by atoms with E-state index in [0.717, 1.165) is 14.6 Å². The molecule has 2 rings (SSSR count). The zero-order valence-corrected chi connectivity index (χ0v) is 11.1. The van der Waals surface area contributed by atoms with E-state index in [1.807, 2.05) is 31.2 Å². The van der Waals surface area contributed by atoms with Gasteiger partial charge in [0.05, 0.1) is 0 Å². The van der Waals surface area contributed by atoms with Crippen molar-refractivity contribution in [2.45, 2.75) is 6.92 Å². The molecule has 5 heteroatoms. The molecule has 18 heavy (non-hydrogen) atoms. The summed E-state index contributed by atoms with van der Waals surface area (Å²) in [4.78, 5) is 15.0. The number of carboxylic acid groups (broad SMARTS) is 1.